The summed E-state index contributed by atoms with van der Waals surface area (Å²) in [4.78, 5) is 0. The molecule has 1 unspecified atom stereocenters. The van der Waals surface area contributed by atoms with Crippen LogP contribution in [-0.4, -0.2) is 0 Å². The quantitative estimate of drug-likeness (QED) is 0.463. The highest BCUT2D eigenvalue weighted by molar-refractivity contribution is 5.79. The Morgan fingerprint density at radius 2 is 1.69 bits per heavy atom. The van der Waals surface area contributed by atoms with E-state index in [1.54, 1.807) is 16.7 Å². The third-order valence-corrected chi connectivity index (χ3v) is 8.30. The van der Waals surface area contributed by atoms with E-state index in [4.69, 9.17) is 0 Å². The summed E-state index contributed by atoms with van der Waals surface area (Å²) < 4.78 is 0. The standard InChI is InChI=1S/C32H34/c1-22-18-24(12-13-26(22)19-23-6-2-3-7-23)20-28-16-17-31(32-11-5-10-30(28)32)29-15-14-25-8-4-9-27(25)21-29/h5,10-18,21,23,32H,2-4,6-9,19-20H2,1H3. The molecule has 4 aliphatic rings. The predicted octanol–water partition coefficient (Wildman–Crippen LogP) is 7.89. The number of benzene rings is 2. The normalized spacial score (nSPS) is 21.9. The largest absolute Gasteiger partial charge is 0.0726 e. The van der Waals surface area contributed by atoms with Crippen LogP contribution >= 0.6 is 0 Å². The van der Waals surface area contributed by atoms with Gasteiger partial charge in [-0.15, -0.1) is 0 Å². The monoisotopic (exact) mass is 418 g/mol. The average molecular weight is 419 g/mol. The molecule has 162 valence electrons. The molecule has 1 atom stereocenters. The van der Waals surface area contributed by atoms with Crippen molar-refractivity contribution < 1.29 is 0 Å². The van der Waals surface area contributed by atoms with Crippen molar-refractivity contribution in [3.8, 4) is 0 Å². The Balaban J connectivity index is 1.24. The van der Waals surface area contributed by atoms with Crippen LogP contribution in [0.15, 0.2) is 77.9 Å². The lowest BCUT2D eigenvalue weighted by molar-refractivity contribution is 0.545. The van der Waals surface area contributed by atoms with Gasteiger partial charge in [-0.25, -0.2) is 0 Å². The molecular formula is C32H34. The molecule has 0 bridgehead atoms. The van der Waals surface area contributed by atoms with Crippen molar-refractivity contribution >= 4 is 5.57 Å². The molecule has 1 saturated carbocycles. The second-order valence-corrected chi connectivity index (χ2v) is 10.4. The molecule has 4 aliphatic carbocycles. The van der Waals surface area contributed by atoms with E-state index in [0.29, 0.717) is 5.92 Å². The Morgan fingerprint density at radius 3 is 2.56 bits per heavy atom. The SMILES string of the molecule is Cc1cc(CC2=CC=C(c3ccc4c(c3)CCC4)C3C=CC=C23)ccc1CC1CCCC1. The molecule has 0 radical (unpaired) electrons. The first-order chi connectivity index (χ1) is 15.7. The van der Waals surface area contributed by atoms with Gasteiger partial charge in [0.05, 0.1) is 0 Å². The zero-order valence-corrected chi connectivity index (χ0v) is 19.4. The molecular weight excluding hydrogens is 384 g/mol. The van der Waals surface area contributed by atoms with Gasteiger partial charge in [-0.1, -0.05) is 92.5 Å². The minimum atomic E-state index is 0.414. The fraction of sp³-hybridized carbons (Fsp3) is 0.375. The molecule has 0 N–H and O–H groups in total. The summed E-state index contributed by atoms with van der Waals surface area (Å²) in [6.07, 6.45) is 23.6. The lowest BCUT2D eigenvalue weighted by Gasteiger charge is -2.25. The maximum atomic E-state index is 2.46. The van der Waals surface area contributed by atoms with E-state index in [1.807, 2.05) is 0 Å². The van der Waals surface area contributed by atoms with Crippen molar-refractivity contribution in [1.82, 2.24) is 0 Å². The molecule has 0 spiro atoms. The molecule has 0 aliphatic heterocycles. The lowest BCUT2D eigenvalue weighted by atomic mass is 9.79. The zero-order chi connectivity index (χ0) is 21.5. The van der Waals surface area contributed by atoms with Crippen LogP contribution in [0.1, 0.15) is 65.5 Å². The molecule has 0 heterocycles. The molecule has 0 heteroatoms. The summed E-state index contributed by atoms with van der Waals surface area (Å²) in [5.74, 6) is 1.33. The van der Waals surface area contributed by atoms with Gasteiger partial charge >= 0.3 is 0 Å². The Labute approximate surface area is 193 Å². The second kappa shape index (κ2) is 8.39. The van der Waals surface area contributed by atoms with Crippen LogP contribution in [0, 0.1) is 18.8 Å². The highest BCUT2D eigenvalue weighted by Crippen LogP contribution is 2.42. The van der Waals surface area contributed by atoms with E-state index in [-0.39, 0.29) is 0 Å². The Kier molecular flexibility index (Phi) is 5.26. The van der Waals surface area contributed by atoms with Gasteiger partial charge in [-0.05, 0) is 95.0 Å². The Bertz CT molecular complexity index is 1160. The first kappa shape index (κ1) is 20.0. The van der Waals surface area contributed by atoms with Gasteiger partial charge in [0.15, 0.2) is 0 Å². The van der Waals surface area contributed by atoms with E-state index < -0.39 is 0 Å². The van der Waals surface area contributed by atoms with E-state index in [0.717, 1.165) is 12.3 Å². The Hall–Kier alpha value is -2.60. The molecule has 0 aromatic heterocycles. The first-order valence-corrected chi connectivity index (χ1v) is 12.7. The van der Waals surface area contributed by atoms with E-state index in [2.05, 4.69) is 73.7 Å². The molecule has 1 fully saturated rings. The molecule has 2 aromatic carbocycles. The minimum absolute atomic E-state index is 0.414. The lowest BCUT2D eigenvalue weighted by Crippen LogP contribution is -2.10. The number of allylic oxidation sites excluding steroid dienone is 8. The third kappa shape index (κ3) is 3.75. The van der Waals surface area contributed by atoms with Crippen molar-refractivity contribution in [1.29, 1.82) is 0 Å². The fourth-order valence-electron chi connectivity index (χ4n) is 6.48. The third-order valence-electron chi connectivity index (χ3n) is 8.30. The van der Waals surface area contributed by atoms with Crippen LogP contribution in [0.4, 0.5) is 0 Å². The van der Waals surface area contributed by atoms with Crippen LogP contribution in [0.3, 0.4) is 0 Å². The smallest absolute Gasteiger partial charge is 0.0281 e. The summed E-state index contributed by atoms with van der Waals surface area (Å²) in [5, 5.41) is 0. The number of hydrogen-bond donors (Lipinski definition) is 0. The minimum Gasteiger partial charge on any atom is -0.0726 e. The van der Waals surface area contributed by atoms with E-state index >= 15 is 0 Å². The van der Waals surface area contributed by atoms with Gasteiger partial charge in [0.1, 0.15) is 0 Å². The van der Waals surface area contributed by atoms with Crippen LogP contribution in [0.2, 0.25) is 0 Å². The molecule has 0 saturated heterocycles. The molecule has 0 nitrogen and oxygen atoms in total. The van der Waals surface area contributed by atoms with Gasteiger partial charge in [-0.3, -0.25) is 0 Å². The van der Waals surface area contributed by atoms with Gasteiger partial charge < -0.3 is 0 Å². The summed E-state index contributed by atoms with van der Waals surface area (Å²) in [6, 6.07) is 14.4. The van der Waals surface area contributed by atoms with Gasteiger partial charge in [0.25, 0.3) is 0 Å². The Morgan fingerprint density at radius 1 is 0.812 bits per heavy atom. The highest BCUT2D eigenvalue weighted by atomic mass is 14.3. The summed E-state index contributed by atoms with van der Waals surface area (Å²) in [7, 11) is 0. The number of rotatable bonds is 5. The molecule has 0 amide bonds. The van der Waals surface area contributed by atoms with Crippen LogP contribution in [0.5, 0.6) is 0 Å². The van der Waals surface area contributed by atoms with E-state index in [1.165, 1.54) is 84.8 Å². The van der Waals surface area contributed by atoms with Crippen molar-refractivity contribution in [3.63, 3.8) is 0 Å². The first-order valence-electron chi connectivity index (χ1n) is 12.7. The second-order valence-electron chi connectivity index (χ2n) is 10.4. The van der Waals surface area contributed by atoms with Crippen molar-refractivity contribution in [2.45, 2.75) is 64.7 Å². The number of hydrogen-bond acceptors (Lipinski definition) is 0. The van der Waals surface area contributed by atoms with Crippen LogP contribution in [-0.2, 0) is 25.7 Å². The van der Waals surface area contributed by atoms with Crippen molar-refractivity contribution in [2.75, 3.05) is 0 Å². The maximum Gasteiger partial charge on any atom is 0.0281 e. The molecule has 32 heavy (non-hydrogen) atoms. The summed E-state index contributed by atoms with van der Waals surface area (Å²) in [6.45, 7) is 2.31. The maximum absolute atomic E-state index is 2.46. The van der Waals surface area contributed by atoms with Gasteiger partial charge in [-0.2, -0.15) is 0 Å². The predicted molar refractivity (Wildman–Crippen MR) is 136 cm³/mol. The summed E-state index contributed by atoms with van der Waals surface area (Å²) in [5.41, 5.74) is 13.5. The highest BCUT2D eigenvalue weighted by Gasteiger charge is 2.26. The van der Waals surface area contributed by atoms with Gasteiger partial charge in [0, 0.05) is 5.92 Å². The molecule has 2 aromatic rings. The average Bonchev–Trinajstić information content (AvgIpc) is 3.57. The molecule has 6 rings (SSSR count). The van der Waals surface area contributed by atoms with Crippen LogP contribution < -0.4 is 0 Å². The topological polar surface area (TPSA) is 0 Å². The van der Waals surface area contributed by atoms with Crippen molar-refractivity contribution in [2.24, 2.45) is 11.8 Å². The van der Waals surface area contributed by atoms with Crippen molar-refractivity contribution in [3.05, 3.63) is 111 Å². The van der Waals surface area contributed by atoms with Crippen LogP contribution in [0.25, 0.3) is 5.57 Å². The zero-order valence-electron chi connectivity index (χ0n) is 19.4. The fourth-order valence-corrected chi connectivity index (χ4v) is 6.48. The van der Waals surface area contributed by atoms with E-state index in [9.17, 15) is 0 Å². The van der Waals surface area contributed by atoms with Gasteiger partial charge in [0.2, 0.25) is 0 Å². The number of fused-ring (bicyclic) bond motifs is 2. The number of aryl methyl sites for hydroxylation is 3. The summed E-state index contributed by atoms with van der Waals surface area (Å²) >= 11 is 0.